The summed E-state index contributed by atoms with van der Waals surface area (Å²) in [4.78, 5) is 25.2. The molecule has 148 valence electrons. The molecule has 0 saturated carbocycles. The fourth-order valence-electron chi connectivity index (χ4n) is 2.90. The minimum atomic E-state index is -0.707. The maximum Gasteiger partial charge on any atom is 0.258 e. The normalized spacial score (nSPS) is 11.2. The Hall–Kier alpha value is -2.98. The standard InChI is InChI=1S/C24H21ClFNO2/c1-24(2,3)17-9-7-15(8-10-17)22(28)16-5-4-6-19(13-16)27-23(29)20-12-11-18(25)14-21(20)26/h4-14H,1-3H3,(H,27,29). The average Bonchev–Trinajstić information content (AvgIpc) is 2.67. The molecule has 1 amide bonds. The molecule has 0 spiro atoms. The van der Waals surface area contributed by atoms with E-state index in [2.05, 4.69) is 26.1 Å². The average molecular weight is 410 g/mol. The van der Waals surface area contributed by atoms with Crippen molar-refractivity contribution in [2.75, 3.05) is 5.32 Å². The lowest BCUT2D eigenvalue weighted by molar-refractivity contribution is 0.101. The molecule has 5 heteroatoms. The van der Waals surface area contributed by atoms with Crippen LogP contribution in [0, 0.1) is 5.82 Å². The zero-order chi connectivity index (χ0) is 21.2. The van der Waals surface area contributed by atoms with Crippen molar-refractivity contribution in [3.63, 3.8) is 0 Å². The second-order valence-electron chi connectivity index (χ2n) is 7.82. The zero-order valence-corrected chi connectivity index (χ0v) is 17.2. The summed E-state index contributed by atoms with van der Waals surface area (Å²) in [7, 11) is 0. The highest BCUT2D eigenvalue weighted by Gasteiger charge is 2.16. The molecule has 3 aromatic carbocycles. The molecule has 0 atom stereocenters. The predicted molar refractivity (Wildman–Crippen MR) is 114 cm³/mol. The summed E-state index contributed by atoms with van der Waals surface area (Å²) in [5.74, 6) is -1.47. The van der Waals surface area contributed by atoms with E-state index in [0.717, 1.165) is 11.6 Å². The highest BCUT2D eigenvalue weighted by atomic mass is 35.5. The first-order chi connectivity index (χ1) is 13.6. The molecule has 0 heterocycles. The Morgan fingerprint density at radius 3 is 2.21 bits per heavy atom. The highest BCUT2D eigenvalue weighted by molar-refractivity contribution is 6.30. The topological polar surface area (TPSA) is 46.2 Å². The lowest BCUT2D eigenvalue weighted by atomic mass is 9.86. The highest BCUT2D eigenvalue weighted by Crippen LogP contribution is 2.23. The van der Waals surface area contributed by atoms with Crippen molar-refractivity contribution in [2.45, 2.75) is 26.2 Å². The lowest BCUT2D eigenvalue weighted by Gasteiger charge is -2.19. The molecule has 0 fully saturated rings. The van der Waals surface area contributed by atoms with Crippen molar-refractivity contribution in [3.05, 3.63) is 99.8 Å². The van der Waals surface area contributed by atoms with Crippen molar-refractivity contribution in [2.24, 2.45) is 0 Å². The molecule has 0 aliphatic carbocycles. The van der Waals surface area contributed by atoms with E-state index in [-0.39, 0.29) is 21.8 Å². The fraction of sp³-hybridized carbons (Fsp3) is 0.167. The van der Waals surface area contributed by atoms with Crippen LogP contribution in [0.2, 0.25) is 5.02 Å². The molecule has 1 N–H and O–H groups in total. The number of nitrogens with one attached hydrogen (secondary N) is 1. The van der Waals surface area contributed by atoms with E-state index in [1.807, 2.05) is 12.1 Å². The van der Waals surface area contributed by atoms with Crippen molar-refractivity contribution in [1.82, 2.24) is 0 Å². The number of benzene rings is 3. The van der Waals surface area contributed by atoms with Crippen LogP contribution < -0.4 is 5.32 Å². The number of ketones is 1. The van der Waals surface area contributed by atoms with Crippen molar-refractivity contribution >= 4 is 29.0 Å². The Bertz CT molecular complexity index is 1070. The van der Waals surface area contributed by atoms with Gasteiger partial charge in [0.15, 0.2) is 5.78 Å². The van der Waals surface area contributed by atoms with E-state index in [0.29, 0.717) is 16.8 Å². The third kappa shape index (κ3) is 4.90. The van der Waals surface area contributed by atoms with Crippen LogP contribution in [0.1, 0.15) is 52.6 Å². The van der Waals surface area contributed by atoms with Crippen LogP contribution in [0.5, 0.6) is 0 Å². The molecule has 0 aliphatic rings. The van der Waals surface area contributed by atoms with Gasteiger partial charge in [-0.2, -0.15) is 0 Å². The van der Waals surface area contributed by atoms with Gasteiger partial charge in [0.2, 0.25) is 0 Å². The SMILES string of the molecule is CC(C)(C)c1ccc(C(=O)c2cccc(NC(=O)c3ccc(Cl)cc3F)c2)cc1. The molecule has 3 rings (SSSR count). The molecule has 0 aromatic heterocycles. The summed E-state index contributed by atoms with van der Waals surface area (Å²) in [6.45, 7) is 6.33. The smallest absolute Gasteiger partial charge is 0.258 e. The predicted octanol–water partition coefficient (Wildman–Crippen LogP) is 6.26. The molecule has 29 heavy (non-hydrogen) atoms. The van der Waals surface area contributed by atoms with Crippen LogP contribution in [0.4, 0.5) is 10.1 Å². The summed E-state index contributed by atoms with van der Waals surface area (Å²) < 4.78 is 13.9. The van der Waals surface area contributed by atoms with Gasteiger partial charge < -0.3 is 5.32 Å². The van der Waals surface area contributed by atoms with Gasteiger partial charge >= 0.3 is 0 Å². The summed E-state index contributed by atoms with van der Waals surface area (Å²) in [6, 6.07) is 17.9. The van der Waals surface area contributed by atoms with Gasteiger partial charge in [0.1, 0.15) is 5.82 Å². The molecule has 3 aromatic rings. The zero-order valence-electron chi connectivity index (χ0n) is 16.4. The maximum absolute atomic E-state index is 13.9. The molecular weight excluding hydrogens is 389 g/mol. The number of amides is 1. The number of hydrogen-bond donors (Lipinski definition) is 1. The van der Waals surface area contributed by atoms with Gasteiger partial charge in [-0.3, -0.25) is 9.59 Å². The van der Waals surface area contributed by atoms with E-state index >= 15 is 0 Å². The van der Waals surface area contributed by atoms with Crippen LogP contribution in [0.15, 0.2) is 66.7 Å². The van der Waals surface area contributed by atoms with Crippen LogP contribution in [-0.4, -0.2) is 11.7 Å². The molecule has 3 nitrogen and oxygen atoms in total. The molecule has 0 aliphatic heterocycles. The Labute approximate surface area is 174 Å². The van der Waals surface area contributed by atoms with Crippen molar-refractivity contribution in [1.29, 1.82) is 0 Å². The van der Waals surface area contributed by atoms with Gasteiger partial charge in [-0.15, -0.1) is 0 Å². The van der Waals surface area contributed by atoms with Crippen molar-refractivity contribution < 1.29 is 14.0 Å². The lowest BCUT2D eigenvalue weighted by Crippen LogP contribution is -2.14. The first-order valence-corrected chi connectivity index (χ1v) is 9.54. The molecular formula is C24H21ClFNO2. The minimum Gasteiger partial charge on any atom is -0.322 e. The number of anilines is 1. The Morgan fingerprint density at radius 1 is 0.897 bits per heavy atom. The largest absolute Gasteiger partial charge is 0.322 e. The van der Waals surface area contributed by atoms with Crippen LogP contribution in [0.25, 0.3) is 0 Å². The quantitative estimate of drug-likeness (QED) is 0.517. The second-order valence-corrected chi connectivity index (χ2v) is 8.25. The summed E-state index contributed by atoms with van der Waals surface area (Å²) >= 11 is 5.72. The van der Waals surface area contributed by atoms with Gasteiger partial charge in [-0.05, 0) is 41.3 Å². The number of rotatable bonds is 4. The molecule has 0 bridgehead atoms. The molecule has 0 radical (unpaired) electrons. The number of hydrogen-bond acceptors (Lipinski definition) is 2. The Balaban J connectivity index is 1.80. The molecule has 0 saturated heterocycles. The van der Waals surface area contributed by atoms with Gasteiger partial charge in [0, 0.05) is 21.8 Å². The van der Waals surface area contributed by atoms with E-state index in [1.165, 1.54) is 12.1 Å². The van der Waals surface area contributed by atoms with E-state index in [1.54, 1.807) is 36.4 Å². The monoisotopic (exact) mass is 409 g/mol. The fourth-order valence-corrected chi connectivity index (χ4v) is 3.06. The first-order valence-electron chi connectivity index (χ1n) is 9.17. The second kappa shape index (κ2) is 8.18. The van der Waals surface area contributed by atoms with Gasteiger partial charge in [-0.25, -0.2) is 4.39 Å². The first kappa shape index (κ1) is 20.7. The Kier molecular flexibility index (Phi) is 5.85. The van der Waals surface area contributed by atoms with Gasteiger partial charge in [0.25, 0.3) is 5.91 Å². The number of carbonyl (C=O) groups excluding carboxylic acids is 2. The third-order valence-electron chi connectivity index (χ3n) is 4.57. The van der Waals surface area contributed by atoms with Crippen LogP contribution in [0.3, 0.4) is 0 Å². The summed E-state index contributed by atoms with van der Waals surface area (Å²) in [5, 5.41) is 2.83. The van der Waals surface area contributed by atoms with E-state index < -0.39 is 11.7 Å². The van der Waals surface area contributed by atoms with Crippen LogP contribution in [-0.2, 0) is 5.41 Å². The van der Waals surface area contributed by atoms with E-state index in [9.17, 15) is 14.0 Å². The third-order valence-corrected chi connectivity index (χ3v) is 4.81. The van der Waals surface area contributed by atoms with Gasteiger partial charge in [0.05, 0.1) is 5.56 Å². The number of halogens is 2. The minimum absolute atomic E-state index is 0.00269. The maximum atomic E-state index is 13.9. The summed E-state index contributed by atoms with van der Waals surface area (Å²) in [5.41, 5.74) is 2.42. The molecule has 0 unspecified atom stereocenters. The van der Waals surface area contributed by atoms with Crippen molar-refractivity contribution in [3.8, 4) is 0 Å². The van der Waals surface area contributed by atoms with Gasteiger partial charge in [-0.1, -0.05) is 68.8 Å². The van der Waals surface area contributed by atoms with Crippen LogP contribution >= 0.6 is 11.6 Å². The Morgan fingerprint density at radius 2 is 1.59 bits per heavy atom. The number of carbonyl (C=O) groups is 2. The summed E-state index contributed by atoms with van der Waals surface area (Å²) in [6.07, 6.45) is 0. The van der Waals surface area contributed by atoms with E-state index in [4.69, 9.17) is 11.6 Å².